The molecule has 0 radical (unpaired) electrons. The van der Waals surface area contributed by atoms with E-state index in [0.717, 1.165) is 25.7 Å². The number of rotatable bonds is 3. The Kier molecular flexibility index (Phi) is 7.45. The molecule has 0 spiro atoms. The molecular formula is C12H23N3O2S2. The number of nitrogens with two attached hydrogens (primary N) is 1. The predicted molar refractivity (Wildman–Crippen MR) is 81.8 cm³/mol. The molecule has 0 atom stereocenters. The van der Waals surface area contributed by atoms with Gasteiger partial charge in [-0.25, -0.2) is 18.2 Å². The molecule has 0 aromatic heterocycles. The Morgan fingerprint density at radius 1 is 1.00 bits per heavy atom. The van der Waals surface area contributed by atoms with E-state index in [-0.39, 0.29) is 12.1 Å². The van der Waals surface area contributed by atoms with E-state index in [1.165, 1.54) is 51.8 Å². The number of amides is 4. The van der Waals surface area contributed by atoms with E-state index in [1.807, 2.05) is 12.5 Å². The lowest BCUT2D eigenvalue weighted by Crippen LogP contribution is -2.50. The summed E-state index contributed by atoms with van der Waals surface area (Å²) in [5, 5.41) is 0. The van der Waals surface area contributed by atoms with Crippen molar-refractivity contribution in [2.24, 2.45) is 5.73 Å². The Hall–Kier alpha value is -0.560. The maximum absolute atomic E-state index is 12.4. The molecule has 0 heterocycles. The highest BCUT2D eigenvalue weighted by atomic mass is 32.2. The Morgan fingerprint density at radius 2 is 1.47 bits per heavy atom. The number of hydrogen-bond donors (Lipinski definition) is 1. The normalized spacial score (nSPS) is 17.4. The van der Waals surface area contributed by atoms with Crippen LogP contribution in [0.1, 0.15) is 44.9 Å². The van der Waals surface area contributed by atoms with Crippen LogP contribution in [0.3, 0.4) is 0 Å². The zero-order valence-corrected chi connectivity index (χ0v) is 13.3. The summed E-state index contributed by atoms with van der Waals surface area (Å²) < 4.78 is 1.49. The van der Waals surface area contributed by atoms with Crippen molar-refractivity contribution in [3.8, 4) is 0 Å². The van der Waals surface area contributed by atoms with Crippen molar-refractivity contribution < 1.29 is 9.59 Å². The quantitative estimate of drug-likeness (QED) is 0.811. The van der Waals surface area contributed by atoms with E-state index in [4.69, 9.17) is 5.73 Å². The summed E-state index contributed by atoms with van der Waals surface area (Å²) in [6.45, 7) is 0. The van der Waals surface area contributed by atoms with Gasteiger partial charge in [0, 0.05) is 18.6 Å². The smallest absolute Gasteiger partial charge is 0.348 e. The Balaban J connectivity index is 2.79. The first-order chi connectivity index (χ1) is 9.11. The zero-order valence-electron chi connectivity index (χ0n) is 11.6. The van der Waals surface area contributed by atoms with Gasteiger partial charge in [0.2, 0.25) is 0 Å². The van der Waals surface area contributed by atoms with Crippen LogP contribution < -0.4 is 5.73 Å². The summed E-state index contributed by atoms with van der Waals surface area (Å²) in [7, 11) is 0. The second-order valence-corrected chi connectivity index (χ2v) is 6.30. The Morgan fingerprint density at radius 3 is 1.89 bits per heavy atom. The molecule has 0 bridgehead atoms. The highest BCUT2D eigenvalue weighted by molar-refractivity contribution is 8.12. The first kappa shape index (κ1) is 16.5. The number of carbonyl (C=O) groups is 2. The van der Waals surface area contributed by atoms with Crippen molar-refractivity contribution in [3.05, 3.63) is 0 Å². The molecule has 1 saturated carbocycles. The fourth-order valence-electron chi connectivity index (χ4n) is 2.44. The van der Waals surface area contributed by atoms with E-state index < -0.39 is 6.03 Å². The van der Waals surface area contributed by atoms with Crippen molar-refractivity contribution in [1.29, 1.82) is 0 Å². The number of primary amides is 1. The molecule has 1 rings (SSSR count). The summed E-state index contributed by atoms with van der Waals surface area (Å²) >= 11 is 2.59. The summed E-state index contributed by atoms with van der Waals surface area (Å²) in [5.74, 6) is 0. The van der Waals surface area contributed by atoms with Crippen LogP contribution in [0.2, 0.25) is 0 Å². The third kappa shape index (κ3) is 4.80. The number of urea groups is 2. The topological polar surface area (TPSA) is 66.6 Å². The number of imide groups is 1. The number of nitrogens with zero attached hydrogens (tertiary/aromatic N) is 2. The van der Waals surface area contributed by atoms with E-state index in [9.17, 15) is 9.59 Å². The lowest BCUT2D eigenvalue weighted by Gasteiger charge is -2.32. The maximum atomic E-state index is 12.4. The van der Waals surface area contributed by atoms with Crippen LogP contribution in [0.25, 0.3) is 0 Å². The van der Waals surface area contributed by atoms with Crippen LogP contribution in [0.5, 0.6) is 0 Å². The van der Waals surface area contributed by atoms with E-state index >= 15 is 0 Å². The summed E-state index contributed by atoms with van der Waals surface area (Å²) in [4.78, 5) is 25.3. The molecule has 0 saturated heterocycles. The highest BCUT2D eigenvalue weighted by Gasteiger charge is 2.31. The van der Waals surface area contributed by atoms with Crippen molar-refractivity contribution in [1.82, 2.24) is 8.61 Å². The Bertz CT molecular complexity index is 303. The number of carbonyl (C=O) groups excluding carboxylic acids is 2. The highest BCUT2D eigenvalue weighted by Crippen LogP contribution is 2.26. The molecule has 7 heteroatoms. The van der Waals surface area contributed by atoms with Crippen molar-refractivity contribution >= 4 is 36.0 Å². The van der Waals surface area contributed by atoms with Crippen molar-refractivity contribution in [2.75, 3.05) is 12.5 Å². The van der Waals surface area contributed by atoms with Gasteiger partial charge in [0.25, 0.3) is 0 Å². The van der Waals surface area contributed by atoms with Gasteiger partial charge in [0.05, 0.1) is 0 Å². The van der Waals surface area contributed by atoms with E-state index in [2.05, 4.69) is 0 Å². The molecule has 5 nitrogen and oxygen atoms in total. The standard InChI is InChI=1S/C12H23N3O2S2/c1-18-15(19-2)12(17)14(11(13)16)10-8-6-4-3-5-7-9-10/h10H,3-9H2,1-2H3,(H2,13,16). The summed E-state index contributed by atoms with van der Waals surface area (Å²) in [6.07, 6.45) is 11.1. The molecule has 110 valence electrons. The summed E-state index contributed by atoms with van der Waals surface area (Å²) in [6, 6.07) is -0.992. The molecule has 0 aromatic carbocycles. The van der Waals surface area contributed by atoms with E-state index in [0.29, 0.717) is 0 Å². The monoisotopic (exact) mass is 305 g/mol. The van der Waals surface area contributed by atoms with Gasteiger partial charge in [-0.1, -0.05) is 32.1 Å². The van der Waals surface area contributed by atoms with Gasteiger partial charge in [-0.05, 0) is 36.7 Å². The van der Waals surface area contributed by atoms with Gasteiger partial charge in [-0.2, -0.15) is 0 Å². The molecule has 1 aliphatic carbocycles. The molecule has 0 aromatic rings. The second kappa shape index (κ2) is 8.58. The zero-order chi connectivity index (χ0) is 14.3. The average Bonchev–Trinajstić information content (AvgIpc) is 2.33. The minimum atomic E-state index is -0.635. The lowest BCUT2D eigenvalue weighted by atomic mass is 9.96. The lowest BCUT2D eigenvalue weighted by molar-refractivity contribution is 0.163. The van der Waals surface area contributed by atoms with Crippen LogP contribution in [-0.4, -0.2) is 39.2 Å². The fraction of sp³-hybridized carbons (Fsp3) is 0.833. The number of hydrogen-bond acceptors (Lipinski definition) is 4. The van der Waals surface area contributed by atoms with Gasteiger partial charge in [0.1, 0.15) is 0 Å². The van der Waals surface area contributed by atoms with Crippen LogP contribution in [0.15, 0.2) is 0 Å². The van der Waals surface area contributed by atoms with Crippen molar-refractivity contribution in [2.45, 2.75) is 51.0 Å². The minimum absolute atomic E-state index is 0.0490. The first-order valence-electron chi connectivity index (χ1n) is 6.62. The third-order valence-corrected chi connectivity index (χ3v) is 5.24. The molecule has 4 amide bonds. The average molecular weight is 305 g/mol. The van der Waals surface area contributed by atoms with Crippen LogP contribution >= 0.6 is 23.9 Å². The van der Waals surface area contributed by atoms with Gasteiger partial charge < -0.3 is 5.73 Å². The largest absolute Gasteiger partial charge is 0.351 e. The van der Waals surface area contributed by atoms with Crippen LogP contribution in [0, 0.1) is 0 Å². The van der Waals surface area contributed by atoms with Crippen molar-refractivity contribution in [3.63, 3.8) is 0 Å². The molecule has 1 fully saturated rings. The molecular weight excluding hydrogens is 282 g/mol. The van der Waals surface area contributed by atoms with Crippen LogP contribution in [0.4, 0.5) is 9.59 Å². The fourth-order valence-corrected chi connectivity index (χ4v) is 3.53. The molecule has 0 aliphatic heterocycles. The third-order valence-electron chi connectivity index (χ3n) is 3.37. The molecule has 19 heavy (non-hydrogen) atoms. The maximum Gasteiger partial charge on any atom is 0.348 e. The van der Waals surface area contributed by atoms with E-state index in [1.54, 1.807) is 0 Å². The van der Waals surface area contributed by atoms with Gasteiger partial charge >= 0.3 is 12.1 Å². The Labute approximate surface area is 123 Å². The van der Waals surface area contributed by atoms with Gasteiger partial charge in [-0.15, -0.1) is 0 Å². The molecule has 0 unspecified atom stereocenters. The van der Waals surface area contributed by atoms with Gasteiger partial charge in [0.15, 0.2) is 0 Å². The van der Waals surface area contributed by atoms with Crippen LogP contribution in [-0.2, 0) is 0 Å². The first-order valence-corrected chi connectivity index (χ1v) is 8.99. The minimum Gasteiger partial charge on any atom is -0.351 e. The van der Waals surface area contributed by atoms with Gasteiger partial charge in [-0.3, -0.25) is 0 Å². The SMILES string of the molecule is CSN(SC)C(=O)N(C(N)=O)C1CCCCCCC1. The summed E-state index contributed by atoms with van der Waals surface area (Å²) in [5.41, 5.74) is 5.43. The molecule has 2 N–H and O–H groups in total. The second-order valence-electron chi connectivity index (χ2n) is 4.61. The predicted octanol–water partition coefficient (Wildman–Crippen LogP) is 3.46. The molecule has 1 aliphatic rings.